The van der Waals surface area contributed by atoms with E-state index in [2.05, 4.69) is 4.72 Å². The Morgan fingerprint density at radius 2 is 1.62 bits per heavy atom. The first kappa shape index (κ1) is 17.5. The van der Waals surface area contributed by atoms with Crippen LogP contribution in [0.3, 0.4) is 0 Å². The molecule has 21 heavy (non-hydrogen) atoms. The second kappa shape index (κ2) is 9.36. The van der Waals surface area contributed by atoms with Crippen LogP contribution in [0.25, 0.3) is 0 Å². The van der Waals surface area contributed by atoms with Crippen LogP contribution in [0, 0.1) is 0 Å². The van der Waals surface area contributed by atoms with Crippen LogP contribution in [-0.2, 0) is 14.8 Å². The van der Waals surface area contributed by atoms with Gasteiger partial charge >= 0.3 is 0 Å². The first-order valence-electron chi connectivity index (χ1n) is 7.02. The van der Waals surface area contributed by atoms with Crippen molar-refractivity contribution in [3.8, 4) is 0 Å². The summed E-state index contributed by atoms with van der Waals surface area (Å²) < 4.78 is 26.2. The number of amides is 1. The summed E-state index contributed by atoms with van der Waals surface area (Å²) in [5.41, 5.74) is 2.16. The number of hydrogen-bond acceptors (Lipinski definition) is 4. The normalized spacial score (nSPS) is 11.1. The summed E-state index contributed by atoms with van der Waals surface area (Å²) in [6, 6.07) is 8.81. The minimum absolute atomic E-state index is 0.0963. The van der Waals surface area contributed by atoms with Gasteiger partial charge in [-0.15, -0.1) is 0 Å². The van der Waals surface area contributed by atoms with Gasteiger partial charge in [-0.05, 0) is 25.0 Å². The van der Waals surface area contributed by atoms with E-state index in [1.54, 1.807) is 29.7 Å². The van der Waals surface area contributed by atoms with E-state index in [1.165, 1.54) is 0 Å². The van der Waals surface area contributed by atoms with Crippen molar-refractivity contribution in [2.24, 2.45) is 0 Å². The molecule has 0 heterocycles. The maximum Gasteiger partial charge on any atom is 0.243 e. The van der Waals surface area contributed by atoms with Gasteiger partial charge in [0.25, 0.3) is 0 Å². The Morgan fingerprint density at radius 3 is 2.29 bits per heavy atom. The maximum atomic E-state index is 11.8. The minimum atomic E-state index is -3.29. The molecular weight excluding hydrogens is 292 g/mol. The second-order valence-corrected chi connectivity index (χ2v) is 6.68. The maximum absolute atomic E-state index is 11.8. The number of para-hydroxylation sites is 1. The molecule has 118 valence electrons. The summed E-state index contributed by atoms with van der Waals surface area (Å²) in [6.45, 7) is 0. The fourth-order valence-corrected chi connectivity index (χ4v) is 3.08. The molecule has 0 aliphatic heterocycles. The Labute approximate surface area is 125 Å². The highest BCUT2D eigenvalue weighted by Gasteiger charge is 2.09. The molecule has 1 rings (SSSR count). The number of benzene rings is 1. The predicted molar refractivity (Wildman–Crippen MR) is 81.5 cm³/mol. The molecule has 0 aliphatic rings. The molecule has 0 fully saturated rings. The third-order valence-electron chi connectivity index (χ3n) is 2.99. The summed E-state index contributed by atoms with van der Waals surface area (Å²) in [7, 11) is -3.29. The number of carbonyl (C=O) groups is 1. The summed E-state index contributed by atoms with van der Waals surface area (Å²) in [6.07, 6.45) is 4.11. The Morgan fingerprint density at radius 1 is 1.00 bits per heavy atom. The van der Waals surface area contributed by atoms with Crippen molar-refractivity contribution in [2.45, 2.75) is 38.5 Å². The molecule has 0 saturated carbocycles. The summed E-state index contributed by atoms with van der Waals surface area (Å²) >= 11 is 0. The second-order valence-electron chi connectivity index (χ2n) is 4.84. The van der Waals surface area contributed by atoms with Crippen molar-refractivity contribution in [1.82, 2.24) is 5.48 Å². The molecule has 0 radical (unpaired) electrons. The van der Waals surface area contributed by atoms with Crippen LogP contribution in [0.15, 0.2) is 30.3 Å². The van der Waals surface area contributed by atoms with Crippen molar-refractivity contribution in [3.05, 3.63) is 30.3 Å². The first-order valence-corrected chi connectivity index (χ1v) is 8.67. The van der Waals surface area contributed by atoms with Gasteiger partial charge in [-0.25, -0.2) is 13.9 Å². The predicted octanol–water partition coefficient (Wildman–Crippen LogP) is 2.27. The number of sulfonamides is 1. The number of rotatable bonds is 10. The van der Waals surface area contributed by atoms with Gasteiger partial charge in [-0.2, -0.15) is 0 Å². The van der Waals surface area contributed by atoms with Gasteiger partial charge in [-0.1, -0.05) is 37.5 Å². The number of hydrogen-bond donors (Lipinski definition) is 3. The van der Waals surface area contributed by atoms with Crippen molar-refractivity contribution < 1.29 is 18.4 Å². The van der Waals surface area contributed by atoms with E-state index in [0.29, 0.717) is 24.9 Å². The van der Waals surface area contributed by atoms with Gasteiger partial charge in [0, 0.05) is 12.1 Å². The average Bonchev–Trinajstić information content (AvgIpc) is 2.46. The third-order valence-corrected chi connectivity index (χ3v) is 4.36. The quantitative estimate of drug-likeness (QED) is 0.351. The number of hydroxylamine groups is 1. The molecule has 1 aromatic rings. The number of carbonyl (C=O) groups excluding carboxylic acids is 1. The Hall–Kier alpha value is -1.60. The van der Waals surface area contributed by atoms with E-state index in [-0.39, 0.29) is 11.7 Å². The van der Waals surface area contributed by atoms with E-state index in [4.69, 9.17) is 5.21 Å². The molecular formula is C14H22N2O4S. The van der Waals surface area contributed by atoms with Crippen LogP contribution >= 0.6 is 0 Å². The van der Waals surface area contributed by atoms with Gasteiger partial charge < -0.3 is 0 Å². The van der Waals surface area contributed by atoms with Crippen molar-refractivity contribution >= 4 is 21.6 Å². The molecule has 0 aliphatic carbocycles. The number of nitrogens with one attached hydrogen (secondary N) is 2. The van der Waals surface area contributed by atoms with Crippen LogP contribution in [-0.4, -0.2) is 25.3 Å². The topological polar surface area (TPSA) is 95.5 Å². The fraction of sp³-hybridized carbons (Fsp3) is 0.500. The van der Waals surface area contributed by atoms with Crippen molar-refractivity contribution in [1.29, 1.82) is 0 Å². The summed E-state index contributed by atoms with van der Waals surface area (Å²) in [5, 5.41) is 8.31. The first-order chi connectivity index (χ1) is 10.0. The van der Waals surface area contributed by atoms with Crippen molar-refractivity contribution in [3.63, 3.8) is 0 Å². The Bertz CT molecular complexity index is 517. The van der Waals surface area contributed by atoms with Gasteiger partial charge in [0.1, 0.15) is 0 Å². The Kier molecular flexibility index (Phi) is 7.78. The fourth-order valence-electron chi connectivity index (χ4n) is 1.90. The van der Waals surface area contributed by atoms with E-state index in [0.717, 1.165) is 19.3 Å². The highest BCUT2D eigenvalue weighted by molar-refractivity contribution is 7.92. The SMILES string of the molecule is O=C(CCCCCCCS(=O)(=O)Nc1ccccc1)NO. The summed E-state index contributed by atoms with van der Waals surface area (Å²) in [5.74, 6) is -0.288. The van der Waals surface area contributed by atoms with E-state index >= 15 is 0 Å². The monoisotopic (exact) mass is 314 g/mol. The van der Waals surface area contributed by atoms with Crippen LogP contribution in [0.2, 0.25) is 0 Å². The largest absolute Gasteiger partial charge is 0.289 e. The molecule has 1 amide bonds. The zero-order valence-corrected chi connectivity index (χ0v) is 12.7. The van der Waals surface area contributed by atoms with Crippen LogP contribution in [0.5, 0.6) is 0 Å². The molecule has 0 aromatic heterocycles. The van der Waals surface area contributed by atoms with Gasteiger partial charge in [0.15, 0.2) is 0 Å². The average molecular weight is 314 g/mol. The molecule has 0 unspecified atom stereocenters. The smallest absolute Gasteiger partial charge is 0.243 e. The van der Waals surface area contributed by atoms with Gasteiger partial charge in [0.2, 0.25) is 15.9 Å². The zero-order chi connectivity index (χ0) is 15.6. The summed E-state index contributed by atoms with van der Waals surface area (Å²) in [4.78, 5) is 10.8. The standard InChI is InChI=1S/C14H22N2O4S/c17-14(15-18)11-7-2-1-3-8-12-21(19,20)16-13-9-5-4-6-10-13/h4-6,9-10,16,18H,1-3,7-8,11-12H2,(H,15,17). The molecule has 3 N–H and O–H groups in total. The molecule has 0 spiro atoms. The molecule has 0 saturated heterocycles. The molecule has 0 bridgehead atoms. The van der Waals surface area contributed by atoms with Crippen molar-refractivity contribution in [2.75, 3.05) is 10.5 Å². The van der Waals surface area contributed by atoms with Crippen LogP contribution in [0.4, 0.5) is 5.69 Å². The number of unbranched alkanes of at least 4 members (excludes halogenated alkanes) is 4. The van der Waals surface area contributed by atoms with Crippen LogP contribution < -0.4 is 10.2 Å². The highest BCUT2D eigenvalue weighted by atomic mass is 32.2. The lowest BCUT2D eigenvalue weighted by molar-refractivity contribution is -0.129. The van der Waals surface area contributed by atoms with E-state index < -0.39 is 10.0 Å². The van der Waals surface area contributed by atoms with Crippen LogP contribution in [0.1, 0.15) is 38.5 Å². The Balaban J connectivity index is 2.13. The lowest BCUT2D eigenvalue weighted by Gasteiger charge is -2.07. The third kappa shape index (κ3) is 8.31. The molecule has 7 heteroatoms. The lowest BCUT2D eigenvalue weighted by Crippen LogP contribution is -2.17. The van der Waals surface area contributed by atoms with E-state index in [9.17, 15) is 13.2 Å². The van der Waals surface area contributed by atoms with Gasteiger partial charge in [0.05, 0.1) is 5.75 Å². The van der Waals surface area contributed by atoms with Gasteiger partial charge in [-0.3, -0.25) is 14.7 Å². The molecule has 6 nitrogen and oxygen atoms in total. The highest BCUT2D eigenvalue weighted by Crippen LogP contribution is 2.11. The molecule has 1 aromatic carbocycles. The van der Waals surface area contributed by atoms with E-state index in [1.807, 2.05) is 6.07 Å². The molecule has 0 atom stereocenters. The minimum Gasteiger partial charge on any atom is -0.289 e. The lowest BCUT2D eigenvalue weighted by atomic mass is 10.1. The zero-order valence-electron chi connectivity index (χ0n) is 11.9. The number of anilines is 1.